The zero-order chi connectivity index (χ0) is 19.6. The summed E-state index contributed by atoms with van der Waals surface area (Å²) in [5, 5.41) is 6.62. The summed E-state index contributed by atoms with van der Waals surface area (Å²) in [4.78, 5) is 23.5. The van der Waals surface area contributed by atoms with Gasteiger partial charge in [0.15, 0.2) is 0 Å². The molecule has 0 aliphatic carbocycles. The molecule has 2 aromatic carbocycles. The standard InChI is InChI=1S/C20H21BrN4O2/c1-12(14-7-9-15(10-8-14)24-20(22)27)23-18(26)11-25-13(2)19(21)16-5-3-4-6-17(16)25/h3-10,12H,11H2,1-2H3,(H,23,26)(H3,22,24,27). The van der Waals surface area contributed by atoms with Crippen LogP contribution < -0.4 is 16.4 Å². The Morgan fingerprint density at radius 1 is 1.15 bits per heavy atom. The normalized spacial score (nSPS) is 12.0. The fourth-order valence-electron chi connectivity index (χ4n) is 3.10. The molecule has 140 valence electrons. The van der Waals surface area contributed by atoms with Crippen molar-refractivity contribution in [2.75, 3.05) is 5.32 Å². The number of hydrogen-bond donors (Lipinski definition) is 3. The lowest BCUT2D eigenvalue weighted by Crippen LogP contribution is -2.30. The summed E-state index contributed by atoms with van der Waals surface area (Å²) in [5.41, 5.74) is 8.69. The topological polar surface area (TPSA) is 89.2 Å². The lowest BCUT2D eigenvalue weighted by atomic mass is 10.1. The first kappa shape index (κ1) is 19.0. The van der Waals surface area contributed by atoms with E-state index in [1.807, 2.05) is 54.8 Å². The largest absolute Gasteiger partial charge is 0.351 e. The van der Waals surface area contributed by atoms with Gasteiger partial charge in [-0.25, -0.2) is 4.79 Å². The van der Waals surface area contributed by atoms with Gasteiger partial charge in [0.1, 0.15) is 6.54 Å². The predicted molar refractivity (Wildman–Crippen MR) is 111 cm³/mol. The molecule has 0 radical (unpaired) electrons. The third-order valence-electron chi connectivity index (χ3n) is 4.51. The quantitative estimate of drug-likeness (QED) is 0.571. The molecule has 0 bridgehead atoms. The lowest BCUT2D eigenvalue weighted by molar-refractivity contribution is -0.122. The molecule has 1 unspecified atom stereocenters. The zero-order valence-electron chi connectivity index (χ0n) is 15.1. The van der Waals surface area contributed by atoms with E-state index >= 15 is 0 Å². The first-order valence-corrected chi connectivity index (χ1v) is 9.35. The SMILES string of the molecule is Cc1c(Br)c2ccccc2n1CC(=O)NC(C)c1ccc(NC(N)=O)cc1. The van der Waals surface area contributed by atoms with E-state index in [1.165, 1.54) is 0 Å². The smallest absolute Gasteiger partial charge is 0.316 e. The highest BCUT2D eigenvalue weighted by Gasteiger charge is 2.16. The Morgan fingerprint density at radius 2 is 1.81 bits per heavy atom. The lowest BCUT2D eigenvalue weighted by Gasteiger charge is -2.16. The molecule has 0 aliphatic rings. The number of nitrogens with zero attached hydrogens (tertiary/aromatic N) is 1. The molecule has 1 heterocycles. The highest BCUT2D eigenvalue weighted by molar-refractivity contribution is 9.10. The molecule has 0 fully saturated rings. The number of anilines is 1. The minimum absolute atomic E-state index is 0.0711. The number of carbonyl (C=O) groups excluding carboxylic acids is 2. The fraction of sp³-hybridized carbons (Fsp3) is 0.200. The van der Waals surface area contributed by atoms with E-state index < -0.39 is 6.03 Å². The van der Waals surface area contributed by atoms with Crippen molar-refractivity contribution in [3.8, 4) is 0 Å². The summed E-state index contributed by atoms with van der Waals surface area (Å²) < 4.78 is 3.01. The summed E-state index contributed by atoms with van der Waals surface area (Å²) in [5.74, 6) is -0.0711. The summed E-state index contributed by atoms with van der Waals surface area (Å²) in [6, 6.07) is 14.4. The number of primary amides is 1. The molecule has 4 N–H and O–H groups in total. The molecule has 27 heavy (non-hydrogen) atoms. The highest BCUT2D eigenvalue weighted by Crippen LogP contribution is 2.30. The maximum atomic E-state index is 12.6. The molecule has 0 aliphatic heterocycles. The van der Waals surface area contributed by atoms with Crippen molar-refractivity contribution in [1.29, 1.82) is 0 Å². The van der Waals surface area contributed by atoms with Crippen molar-refractivity contribution in [3.05, 3.63) is 64.3 Å². The molecule has 3 amide bonds. The summed E-state index contributed by atoms with van der Waals surface area (Å²) in [7, 11) is 0. The number of urea groups is 1. The van der Waals surface area contributed by atoms with Gasteiger partial charge < -0.3 is 20.9 Å². The Morgan fingerprint density at radius 3 is 2.48 bits per heavy atom. The van der Waals surface area contributed by atoms with Crippen molar-refractivity contribution < 1.29 is 9.59 Å². The average molecular weight is 429 g/mol. The first-order chi connectivity index (χ1) is 12.9. The Bertz CT molecular complexity index is 995. The number of benzene rings is 2. The first-order valence-electron chi connectivity index (χ1n) is 8.56. The van der Waals surface area contributed by atoms with Gasteiger partial charge >= 0.3 is 6.03 Å². The number of nitrogens with one attached hydrogen (secondary N) is 2. The average Bonchev–Trinajstić information content (AvgIpc) is 2.87. The van der Waals surface area contributed by atoms with Gasteiger partial charge in [-0.3, -0.25) is 4.79 Å². The van der Waals surface area contributed by atoms with E-state index in [9.17, 15) is 9.59 Å². The number of carbonyl (C=O) groups is 2. The van der Waals surface area contributed by atoms with E-state index in [0.717, 1.165) is 26.6 Å². The van der Waals surface area contributed by atoms with Crippen molar-refractivity contribution in [2.45, 2.75) is 26.4 Å². The van der Waals surface area contributed by atoms with E-state index in [1.54, 1.807) is 12.1 Å². The number of amides is 3. The van der Waals surface area contributed by atoms with Gasteiger partial charge in [-0.1, -0.05) is 30.3 Å². The Hall–Kier alpha value is -2.80. The summed E-state index contributed by atoms with van der Waals surface area (Å²) >= 11 is 3.61. The van der Waals surface area contributed by atoms with Gasteiger partial charge in [0.05, 0.1) is 6.04 Å². The fourth-order valence-corrected chi connectivity index (χ4v) is 3.65. The molecule has 3 aromatic rings. The molecule has 1 atom stereocenters. The van der Waals surface area contributed by atoms with E-state index in [2.05, 4.69) is 26.6 Å². The molecule has 0 saturated heterocycles. The molecule has 6 nitrogen and oxygen atoms in total. The molecule has 3 rings (SSSR count). The molecular formula is C20H21BrN4O2. The Balaban J connectivity index is 1.71. The van der Waals surface area contributed by atoms with Crippen LogP contribution in [0.2, 0.25) is 0 Å². The van der Waals surface area contributed by atoms with Crippen LogP contribution >= 0.6 is 15.9 Å². The molecule has 0 saturated carbocycles. The number of halogens is 1. The number of nitrogens with two attached hydrogens (primary N) is 1. The maximum absolute atomic E-state index is 12.6. The van der Waals surface area contributed by atoms with Crippen LogP contribution in [0.25, 0.3) is 10.9 Å². The summed E-state index contributed by atoms with van der Waals surface area (Å²) in [6.07, 6.45) is 0. The Labute approximate surface area is 165 Å². The van der Waals surface area contributed by atoms with Gasteiger partial charge in [0.2, 0.25) is 5.91 Å². The minimum atomic E-state index is -0.607. The maximum Gasteiger partial charge on any atom is 0.316 e. The van der Waals surface area contributed by atoms with Crippen LogP contribution in [0.5, 0.6) is 0 Å². The monoisotopic (exact) mass is 428 g/mol. The predicted octanol–water partition coefficient (Wildman–Crippen LogP) is 4.08. The van der Waals surface area contributed by atoms with Crippen LogP contribution in [0.3, 0.4) is 0 Å². The second-order valence-electron chi connectivity index (χ2n) is 6.40. The summed E-state index contributed by atoms with van der Waals surface area (Å²) in [6.45, 7) is 4.15. The second-order valence-corrected chi connectivity index (χ2v) is 7.20. The molecule has 1 aromatic heterocycles. The third kappa shape index (κ3) is 4.14. The van der Waals surface area contributed by atoms with Crippen LogP contribution in [0, 0.1) is 6.92 Å². The number of hydrogen-bond acceptors (Lipinski definition) is 2. The van der Waals surface area contributed by atoms with Crippen LogP contribution in [-0.2, 0) is 11.3 Å². The van der Waals surface area contributed by atoms with E-state index in [0.29, 0.717) is 5.69 Å². The van der Waals surface area contributed by atoms with Gasteiger partial charge in [0, 0.05) is 26.8 Å². The van der Waals surface area contributed by atoms with Crippen LogP contribution in [0.15, 0.2) is 53.0 Å². The van der Waals surface area contributed by atoms with Gasteiger partial charge in [-0.15, -0.1) is 0 Å². The molecular weight excluding hydrogens is 408 g/mol. The van der Waals surface area contributed by atoms with Gasteiger partial charge in [-0.05, 0) is 53.5 Å². The van der Waals surface area contributed by atoms with Gasteiger partial charge in [0.25, 0.3) is 0 Å². The zero-order valence-corrected chi connectivity index (χ0v) is 16.7. The van der Waals surface area contributed by atoms with Crippen molar-refractivity contribution >= 4 is 44.5 Å². The van der Waals surface area contributed by atoms with Crippen LogP contribution in [0.1, 0.15) is 24.2 Å². The minimum Gasteiger partial charge on any atom is -0.351 e. The molecule has 7 heteroatoms. The Kier molecular flexibility index (Phi) is 5.51. The highest BCUT2D eigenvalue weighted by atomic mass is 79.9. The van der Waals surface area contributed by atoms with E-state index in [4.69, 9.17) is 5.73 Å². The van der Waals surface area contributed by atoms with Crippen LogP contribution in [0.4, 0.5) is 10.5 Å². The van der Waals surface area contributed by atoms with E-state index in [-0.39, 0.29) is 18.5 Å². The van der Waals surface area contributed by atoms with Crippen molar-refractivity contribution in [1.82, 2.24) is 9.88 Å². The number of fused-ring (bicyclic) bond motifs is 1. The van der Waals surface area contributed by atoms with Crippen LogP contribution in [-0.4, -0.2) is 16.5 Å². The van der Waals surface area contributed by atoms with Gasteiger partial charge in [-0.2, -0.15) is 0 Å². The second kappa shape index (κ2) is 7.84. The molecule has 0 spiro atoms. The van der Waals surface area contributed by atoms with Crippen molar-refractivity contribution in [2.24, 2.45) is 5.73 Å². The number of para-hydroxylation sites is 1. The van der Waals surface area contributed by atoms with Crippen molar-refractivity contribution in [3.63, 3.8) is 0 Å². The number of rotatable bonds is 5. The number of aromatic nitrogens is 1. The third-order valence-corrected chi connectivity index (χ3v) is 5.51.